The molecule has 0 bridgehead atoms. The Kier molecular flexibility index (Phi) is 10.2. The lowest BCUT2D eigenvalue weighted by atomic mass is 10.0. The molecule has 0 atom stereocenters. The van der Waals surface area contributed by atoms with Crippen LogP contribution in [-0.4, -0.2) is 0 Å². The van der Waals surface area contributed by atoms with Crippen molar-refractivity contribution in [3.63, 3.8) is 0 Å². The monoisotopic (exact) mass is 234 g/mol. The first-order chi connectivity index (χ1) is 8.50. The van der Waals surface area contributed by atoms with Gasteiger partial charge >= 0.3 is 0 Å². The highest BCUT2D eigenvalue weighted by molar-refractivity contribution is 5.02. The van der Waals surface area contributed by atoms with Crippen LogP contribution in [0.5, 0.6) is 0 Å². The molecule has 0 heterocycles. The molecule has 0 unspecified atom stereocenters. The largest absolute Gasteiger partial charge is 0.0845 e. The lowest BCUT2D eigenvalue weighted by Gasteiger charge is -2.02. The van der Waals surface area contributed by atoms with Gasteiger partial charge in [0, 0.05) is 0 Å². The Morgan fingerprint density at radius 3 is 1.00 bits per heavy atom. The highest BCUT2D eigenvalue weighted by atomic mass is 14.0. The van der Waals surface area contributed by atoms with Gasteiger partial charge in [0.1, 0.15) is 0 Å². The third kappa shape index (κ3) is 10.4. The third-order valence-corrected chi connectivity index (χ3v) is 3.62. The van der Waals surface area contributed by atoms with Crippen LogP contribution in [0.4, 0.5) is 0 Å². The minimum Gasteiger partial charge on any atom is -0.0845 e. The zero-order valence-electron chi connectivity index (χ0n) is 11.5. The minimum atomic E-state index is 1.27. The van der Waals surface area contributed by atoms with Gasteiger partial charge < -0.3 is 0 Å². The normalized spacial score (nSPS) is 24.0. The van der Waals surface area contributed by atoms with Crippen LogP contribution >= 0.6 is 0 Å². The first-order valence-electron chi connectivity index (χ1n) is 7.82. The van der Waals surface area contributed by atoms with Gasteiger partial charge in [0.05, 0.1) is 0 Å². The van der Waals surface area contributed by atoms with Crippen molar-refractivity contribution >= 4 is 0 Å². The Morgan fingerprint density at radius 2 is 0.647 bits per heavy atom. The Bertz CT molecular complexity index is 178. The van der Waals surface area contributed by atoms with E-state index in [1.165, 1.54) is 83.5 Å². The summed E-state index contributed by atoms with van der Waals surface area (Å²) in [5, 5.41) is 0. The molecule has 0 radical (unpaired) electrons. The van der Waals surface area contributed by atoms with Gasteiger partial charge in [0.15, 0.2) is 0 Å². The fourth-order valence-electron chi connectivity index (χ4n) is 2.46. The van der Waals surface area contributed by atoms with Gasteiger partial charge in [-0.3, -0.25) is 0 Å². The van der Waals surface area contributed by atoms with Crippen LogP contribution in [0.25, 0.3) is 0 Å². The molecule has 0 aromatic carbocycles. The van der Waals surface area contributed by atoms with E-state index in [4.69, 9.17) is 0 Å². The van der Waals surface area contributed by atoms with E-state index in [9.17, 15) is 0 Å². The topological polar surface area (TPSA) is 0 Å². The van der Waals surface area contributed by atoms with E-state index < -0.39 is 0 Å². The van der Waals surface area contributed by atoms with Crippen LogP contribution in [0, 0.1) is 0 Å². The fourth-order valence-corrected chi connectivity index (χ4v) is 2.46. The molecule has 0 fully saturated rings. The maximum atomic E-state index is 2.33. The summed E-state index contributed by atoms with van der Waals surface area (Å²) in [4.78, 5) is 0. The molecule has 0 spiro atoms. The average molecular weight is 234 g/mol. The first-order valence-corrected chi connectivity index (χ1v) is 7.82. The van der Waals surface area contributed by atoms with Crippen LogP contribution in [0.2, 0.25) is 0 Å². The second kappa shape index (κ2) is 12.0. The summed E-state index contributed by atoms with van der Waals surface area (Å²) in [6.45, 7) is 0. The summed E-state index contributed by atoms with van der Waals surface area (Å²) in [5.74, 6) is 0. The van der Waals surface area contributed by atoms with E-state index in [1.54, 1.807) is 0 Å². The minimum absolute atomic E-state index is 1.27. The molecule has 1 rings (SSSR count). The van der Waals surface area contributed by atoms with Gasteiger partial charge in [-0.05, 0) is 25.7 Å². The highest BCUT2D eigenvalue weighted by Gasteiger charge is 1.93. The van der Waals surface area contributed by atoms with Gasteiger partial charge in [-0.1, -0.05) is 82.1 Å². The smallest absolute Gasteiger partial charge is 0.0348 e. The van der Waals surface area contributed by atoms with Crippen molar-refractivity contribution in [3.05, 3.63) is 24.3 Å². The predicted molar refractivity (Wildman–Crippen MR) is 78.3 cm³/mol. The molecule has 0 N–H and O–H groups in total. The summed E-state index contributed by atoms with van der Waals surface area (Å²) in [5.41, 5.74) is 0. The molecule has 0 saturated heterocycles. The average Bonchev–Trinajstić information content (AvgIpc) is 2.35. The summed E-state index contributed by atoms with van der Waals surface area (Å²) in [7, 11) is 0. The number of allylic oxidation sites excluding steroid dienone is 4. The van der Waals surface area contributed by atoms with Gasteiger partial charge in [-0.2, -0.15) is 0 Å². The molecule has 0 amide bonds. The van der Waals surface area contributed by atoms with Crippen LogP contribution in [-0.2, 0) is 0 Å². The van der Waals surface area contributed by atoms with Gasteiger partial charge in [0.25, 0.3) is 0 Å². The predicted octanol–water partition coefficient (Wildman–Crippen LogP) is 6.18. The van der Waals surface area contributed by atoms with Crippen molar-refractivity contribution < 1.29 is 0 Å². The molecular formula is C17H30. The lowest BCUT2D eigenvalue weighted by molar-refractivity contribution is 0.547. The molecule has 0 nitrogen and oxygen atoms in total. The molecule has 0 aromatic rings. The van der Waals surface area contributed by atoms with Crippen molar-refractivity contribution in [2.75, 3.05) is 0 Å². The molecule has 0 saturated carbocycles. The van der Waals surface area contributed by atoms with E-state index in [-0.39, 0.29) is 0 Å². The number of rotatable bonds is 0. The van der Waals surface area contributed by atoms with Gasteiger partial charge in [-0.15, -0.1) is 0 Å². The quantitative estimate of drug-likeness (QED) is 0.469. The second-order valence-corrected chi connectivity index (χ2v) is 5.32. The summed E-state index contributed by atoms with van der Waals surface area (Å²) < 4.78 is 0. The molecule has 0 heteroatoms. The number of hydrogen-bond acceptors (Lipinski definition) is 0. The molecule has 98 valence electrons. The van der Waals surface area contributed by atoms with Crippen LogP contribution in [0.1, 0.15) is 83.5 Å². The summed E-state index contributed by atoms with van der Waals surface area (Å²) >= 11 is 0. The van der Waals surface area contributed by atoms with Crippen molar-refractivity contribution in [1.82, 2.24) is 0 Å². The van der Waals surface area contributed by atoms with E-state index in [1.807, 2.05) is 0 Å². The van der Waals surface area contributed by atoms with E-state index in [0.29, 0.717) is 0 Å². The molecule has 17 heavy (non-hydrogen) atoms. The standard InChI is InChI=1S/C17H30/c1-2-4-6-8-10-12-14-16-17-15-13-11-9-7-5-3-1/h1-4H,5-17H2/b3-1+,4-2?. The van der Waals surface area contributed by atoms with Crippen LogP contribution in [0.3, 0.4) is 0 Å². The second-order valence-electron chi connectivity index (χ2n) is 5.32. The molecule has 1 aliphatic carbocycles. The molecule has 0 aliphatic heterocycles. The molecular weight excluding hydrogens is 204 g/mol. The van der Waals surface area contributed by atoms with E-state index in [2.05, 4.69) is 24.3 Å². The van der Waals surface area contributed by atoms with Crippen molar-refractivity contribution in [2.45, 2.75) is 83.5 Å². The van der Waals surface area contributed by atoms with Crippen molar-refractivity contribution in [2.24, 2.45) is 0 Å². The zero-order valence-corrected chi connectivity index (χ0v) is 11.5. The Hall–Kier alpha value is -0.520. The highest BCUT2D eigenvalue weighted by Crippen LogP contribution is 2.13. The molecule has 1 aliphatic rings. The summed E-state index contributed by atoms with van der Waals surface area (Å²) in [6.07, 6.45) is 27.5. The SMILES string of the molecule is C1=CCCCCCCCCCCCCC/C=C/1. The van der Waals surface area contributed by atoms with Gasteiger partial charge in [-0.25, -0.2) is 0 Å². The maximum Gasteiger partial charge on any atom is -0.0348 e. The van der Waals surface area contributed by atoms with Crippen LogP contribution in [0.15, 0.2) is 24.3 Å². The third-order valence-electron chi connectivity index (χ3n) is 3.62. The van der Waals surface area contributed by atoms with Gasteiger partial charge in [0.2, 0.25) is 0 Å². The zero-order chi connectivity index (χ0) is 12.0. The van der Waals surface area contributed by atoms with Crippen molar-refractivity contribution in [1.29, 1.82) is 0 Å². The van der Waals surface area contributed by atoms with Crippen LogP contribution < -0.4 is 0 Å². The van der Waals surface area contributed by atoms with E-state index in [0.717, 1.165) is 0 Å². The van der Waals surface area contributed by atoms with Crippen molar-refractivity contribution in [3.8, 4) is 0 Å². The Morgan fingerprint density at radius 1 is 0.353 bits per heavy atom. The van der Waals surface area contributed by atoms with E-state index >= 15 is 0 Å². The fraction of sp³-hybridized carbons (Fsp3) is 0.765. The molecule has 0 aromatic heterocycles. The number of hydrogen-bond donors (Lipinski definition) is 0. The summed E-state index contributed by atoms with van der Waals surface area (Å²) in [6, 6.07) is 0. The maximum absolute atomic E-state index is 2.33. The lowest BCUT2D eigenvalue weighted by Crippen LogP contribution is -1.82. The Balaban J connectivity index is 2.13. The first kappa shape index (κ1) is 14.5. The Labute approximate surface area is 108 Å².